The van der Waals surface area contributed by atoms with Crippen LogP contribution in [0, 0.1) is 0 Å². The molecule has 2 N–H and O–H groups in total. The second kappa shape index (κ2) is 12.7. The minimum Gasteiger partial charge on any atom is -0.348 e. The van der Waals surface area contributed by atoms with E-state index in [0.717, 1.165) is 67.7 Å². The Morgan fingerprint density at radius 1 is 1.15 bits per heavy atom. The summed E-state index contributed by atoms with van der Waals surface area (Å²) >= 11 is 0. The van der Waals surface area contributed by atoms with E-state index in [1.165, 1.54) is 5.56 Å². The first-order valence-corrected chi connectivity index (χ1v) is 14.3. The molecule has 0 saturated carbocycles. The number of piperidine rings is 2. The topological polar surface area (TPSA) is 85.7 Å². The average molecular weight is 544 g/mol. The maximum absolute atomic E-state index is 14.1. The summed E-state index contributed by atoms with van der Waals surface area (Å²) in [5, 5.41) is 7.55. The van der Waals surface area contributed by atoms with E-state index in [0.29, 0.717) is 19.0 Å². The molecule has 212 valence electrons. The van der Waals surface area contributed by atoms with Crippen LogP contribution in [0.15, 0.2) is 60.9 Å². The molecule has 1 aromatic carbocycles. The second-order valence-electron chi connectivity index (χ2n) is 11.2. The van der Waals surface area contributed by atoms with Crippen molar-refractivity contribution in [2.24, 2.45) is 7.05 Å². The minimum absolute atomic E-state index is 0.0406. The van der Waals surface area contributed by atoms with E-state index in [1.807, 2.05) is 72.5 Å². The first-order valence-electron chi connectivity index (χ1n) is 14.3. The van der Waals surface area contributed by atoms with Gasteiger partial charge in [0.15, 0.2) is 5.82 Å². The summed E-state index contributed by atoms with van der Waals surface area (Å²) in [4.78, 5) is 37.2. The van der Waals surface area contributed by atoms with Gasteiger partial charge in [-0.05, 0) is 82.1 Å². The number of rotatable bonds is 7. The summed E-state index contributed by atoms with van der Waals surface area (Å²) in [5.41, 5.74) is 2.99. The van der Waals surface area contributed by atoms with Crippen LogP contribution in [0.3, 0.4) is 0 Å². The average Bonchev–Trinajstić information content (AvgIpc) is 3.35. The minimum atomic E-state index is -0.126. The standard InChI is InChI=1S/C31H41N7O2/c1-35(2)17-6-10-28(39)34-26-8-4-7-25(21-26)23-13-19-37(20-14-23)31(40)38(27-9-5-15-32-22-27)30-29-24(11-16-33-30)12-18-36(29)3/h4,6-8,10-12,16,18,21,23,27,32H,5,9,13-15,17,19-20,22H2,1-3H3,(H,34,39)/b10-6+/t27-/m1/s1. The first-order chi connectivity index (χ1) is 19.4. The number of anilines is 2. The summed E-state index contributed by atoms with van der Waals surface area (Å²) in [6.07, 6.45) is 11.0. The van der Waals surface area contributed by atoms with Gasteiger partial charge in [0.25, 0.3) is 0 Å². The van der Waals surface area contributed by atoms with Gasteiger partial charge >= 0.3 is 6.03 Å². The first kappa shape index (κ1) is 27.9. The molecule has 4 heterocycles. The number of hydrogen-bond donors (Lipinski definition) is 2. The van der Waals surface area contributed by atoms with Crippen molar-refractivity contribution in [1.29, 1.82) is 0 Å². The zero-order valence-electron chi connectivity index (χ0n) is 23.8. The van der Waals surface area contributed by atoms with Crippen LogP contribution in [0.5, 0.6) is 0 Å². The number of hydrogen-bond acceptors (Lipinski definition) is 5. The predicted molar refractivity (Wildman–Crippen MR) is 161 cm³/mol. The van der Waals surface area contributed by atoms with Crippen LogP contribution in [0.2, 0.25) is 0 Å². The summed E-state index contributed by atoms with van der Waals surface area (Å²) < 4.78 is 2.06. The molecule has 2 fully saturated rings. The molecule has 5 rings (SSSR count). The van der Waals surface area contributed by atoms with E-state index in [1.54, 1.807) is 6.08 Å². The molecule has 2 aliphatic heterocycles. The number of urea groups is 1. The smallest absolute Gasteiger partial charge is 0.326 e. The third-order valence-corrected chi connectivity index (χ3v) is 7.97. The SMILES string of the molecule is CN(C)C/C=C/C(=O)Nc1cccc(C2CCN(C(=O)N(c3nccc4ccn(C)c34)[C@@H]3CCCNC3)CC2)c1. The molecule has 9 nitrogen and oxygen atoms in total. The number of carbonyl (C=O) groups excluding carboxylic acids is 2. The zero-order chi connectivity index (χ0) is 28.1. The fourth-order valence-electron chi connectivity index (χ4n) is 5.85. The molecular weight excluding hydrogens is 502 g/mol. The molecule has 0 spiro atoms. The predicted octanol–water partition coefficient (Wildman–Crippen LogP) is 4.19. The van der Waals surface area contributed by atoms with E-state index in [-0.39, 0.29) is 18.0 Å². The Bertz CT molecular complexity index is 1350. The Morgan fingerprint density at radius 2 is 1.98 bits per heavy atom. The summed E-state index contributed by atoms with van der Waals surface area (Å²) in [7, 11) is 5.95. The maximum Gasteiger partial charge on any atom is 0.326 e. The molecule has 0 unspecified atom stereocenters. The quantitative estimate of drug-likeness (QED) is 0.437. The highest BCUT2D eigenvalue weighted by atomic mass is 16.2. The van der Waals surface area contributed by atoms with Gasteiger partial charge in [-0.3, -0.25) is 9.69 Å². The van der Waals surface area contributed by atoms with Crippen LogP contribution in [0.4, 0.5) is 16.3 Å². The van der Waals surface area contributed by atoms with Crippen molar-refractivity contribution in [3.63, 3.8) is 0 Å². The molecule has 2 aliphatic rings. The number of likely N-dealkylation sites (N-methyl/N-ethyl adjacent to an activating group) is 1. The number of benzene rings is 1. The fourth-order valence-corrected chi connectivity index (χ4v) is 5.85. The summed E-state index contributed by atoms with van der Waals surface area (Å²) in [6, 6.07) is 12.3. The number of aromatic nitrogens is 2. The van der Waals surface area contributed by atoms with Gasteiger partial charge in [0.05, 0.1) is 11.6 Å². The number of fused-ring (bicyclic) bond motifs is 1. The lowest BCUT2D eigenvalue weighted by atomic mass is 9.89. The van der Waals surface area contributed by atoms with Gasteiger partial charge in [0.2, 0.25) is 5.91 Å². The monoisotopic (exact) mass is 543 g/mol. The lowest BCUT2D eigenvalue weighted by Gasteiger charge is -2.40. The molecule has 40 heavy (non-hydrogen) atoms. The molecule has 2 aromatic heterocycles. The van der Waals surface area contributed by atoms with Gasteiger partial charge in [-0.2, -0.15) is 0 Å². The Labute approximate surface area is 236 Å². The molecule has 1 atom stereocenters. The Morgan fingerprint density at radius 3 is 2.73 bits per heavy atom. The number of nitrogens with one attached hydrogen (secondary N) is 2. The lowest BCUT2D eigenvalue weighted by Crippen LogP contribution is -2.55. The third kappa shape index (κ3) is 6.37. The van der Waals surface area contributed by atoms with Gasteiger partial charge in [-0.15, -0.1) is 0 Å². The molecule has 3 aromatic rings. The van der Waals surface area contributed by atoms with Gasteiger partial charge in [0.1, 0.15) is 0 Å². The third-order valence-electron chi connectivity index (χ3n) is 7.97. The van der Waals surface area contributed by atoms with Crippen molar-refractivity contribution >= 4 is 34.3 Å². The van der Waals surface area contributed by atoms with E-state index < -0.39 is 0 Å². The number of pyridine rings is 1. The Hall–Kier alpha value is -3.69. The largest absolute Gasteiger partial charge is 0.348 e. The number of carbonyl (C=O) groups is 2. The van der Waals surface area contributed by atoms with Crippen LogP contribution in [-0.2, 0) is 11.8 Å². The molecule has 2 saturated heterocycles. The molecule has 3 amide bonds. The number of nitrogens with zero attached hydrogens (tertiary/aromatic N) is 5. The molecule has 0 aliphatic carbocycles. The van der Waals surface area contributed by atoms with Crippen LogP contribution < -0.4 is 15.5 Å². The van der Waals surface area contributed by atoms with E-state index in [2.05, 4.69) is 33.4 Å². The van der Waals surface area contributed by atoms with Crippen LogP contribution in [0.25, 0.3) is 10.9 Å². The van der Waals surface area contributed by atoms with E-state index >= 15 is 0 Å². The molecule has 0 bridgehead atoms. The highest BCUT2D eigenvalue weighted by Gasteiger charge is 2.34. The van der Waals surface area contributed by atoms with Gasteiger partial charge < -0.3 is 25.0 Å². The highest BCUT2D eigenvalue weighted by molar-refractivity contribution is 6.01. The summed E-state index contributed by atoms with van der Waals surface area (Å²) in [5.74, 6) is 0.955. The van der Waals surface area contributed by atoms with Crippen LogP contribution >= 0.6 is 0 Å². The maximum atomic E-state index is 14.1. The molecule has 9 heteroatoms. The van der Waals surface area contributed by atoms with Crippen LogP contribution in [0.1, 0.15) is 37.2 Å². The van der Waals surface area contributed by atoms with Crippen molar-refractivity contribution in [2.45, 2.75) is 37.6 Å². The van der Waals surface area contributed by atoms with Crippen molar-refractivity contribution in [3.05, 3.63) is 66.5 Å². The van der Waals surface area contributed by atoms with Crippen molar-refractivity contribution in [2.75, 3.05) is 57.0 Å². The number of aryl methyl sites for hydroxylation is 1. The fraction of sp³-hybridized carbons (Fsp3) is 0.452. The van der Waals surface area contributed by atoms with Gasteiger partial charge in [0, 0.05) is 62.8 Å². The lowest BCUT2D eigenvalue weighted by molar-refractivity contribution is -0.111. The molecule has 0 radical (unpaired) electrons. The molecular formula is C31H41N7O2. The van der Waals surface area contributed by atoms with Gasteiger partial charge in [-0.25, -0.2) is 9.78 Å². The van der Waals surface area contributed by atoms with E-state index in [9.17, 15) is 9.59 Å². The highest BCUT2D eigenvalue weighted by Crippen LogP contribution is 2.33. The number of amides is 3. The zero-order valence-corrected chi connectivity index (χ0v) is 23.8. The normalized spacial score (nSPS) is 18.5. The van der Waals surface area contributed by atoms with Crippen molar-refractivity contribution in [1.82, 2.24) is 24.7 Å². The number of likely N-dealkylation sites (tertiary alicyclic amines) is 1. The van der Waals surface area contributed by atoms with E-state index in [4.69, 9.17) is 4.98 Å². The van der Waals surface area contributed by atoms with Crippen LogP contribution in [-0.4, -0.2) is 84.2 Å². The Kier molecular flexibility index (Phi) is 8.81. The second-order valence-corrected chi connectivity index (χ2v) is 11.2. The van der Waals surface area contributed by atoms with Crippen molar-refractivity contribution in [3.8, 4) is 0 Å². The Balaban J connectivity index is 1.28. The van der Waals surface area contributed by atoms with Gasteiger partial charge in [-0.1, -0.05) is 18.2 Å². The summed E-state index contributed by atoms with van der Waals surface area (Å²) in [6.45, 7) is 3.85. The van der Waals surface area contributed by atoms with Crippen molar-refractivity contribution < 1.29 is 9.59 Å².